The van der Waals surface area contributed by atoms with Crippen LogP contribution in [0.15, 0.2) is 46.0 Å². The third-order valence-corrected chi connectivity index (χ3v) is 4.77. The maximum Gasteiger partial charge on any atom is 0.410 e. The number of carbonyl (C=O) groups is 1. The van der Waals surface area contributed by atoms with Gasteiger partial charge in [-0.05, 0) is 39.2 Å². The average Bonchev–Trinajstić information content (AvgIpc) is 3.27. The predicted octanol–water partition coefficient (Wildman–Crippen LogP) is 4.95. The molecule has 0 unspecified atom stereocenters. The Bertz CT molecular complexity index is 783. The van der Waals surface area contributed by atoms with Gasteiger partial charge in [0.2, 0.25) is 5.89 Å². The second-order valence-electron chi connectivity index (χ2n) is 7.36. The number of ether oxygens (including phenoxy) is 1. The standard InChI is InChI=1S/C20H25N3O3S/c1-20(2,3)26-19(24)23-13-7-12-16(23)17-21-22-18(25-17)27-14-8-11-15-9-5-4-6-10-15/h4-6,8-11,16H,7,12-14H2,1-3H3/b11-8+/t16-/m1/s1. The number of aromatic nitrogens is 2. The molecule has 2 aromatic rings. The van der Waals surface area contributed by atoms with Gasteiger partial charge < -0.3 is 9.15 Å². The van der Waals surface area contributed by atoms with Crippen LogP contribution in [0.2, 0.25) is 0 Å². The van der Waals surface area contributed by atoms with E-state index in [0.29, 0.717) is 17.7 Å². The fourth-order valence-electron chi connectivity index (χ4n) is 2.84. The summed E-state index contributed by atoms with van der Waals surface area (Å²) in [6, 6.07) is 9.91. The Morgan fingerprint density at radius 1 is 1.33 bits per heavy atom. The van der Waals surface area contributed by atoms with Crippen LogP contribution < -0.4 is 0 Å². The Labute approximate surface area is 164 Å². The van der Waals surface area contributed by atoms with Crippen LogP contribution in [0.25, 0.3) is 6.08 Å². The van der Waals surface area contributed by atoms with Gasteiger partial charge in [0.15, 0.2) is 0 Å². The minimum absolute atomic E-state index is 0.207. The molecule has 1 fully saturated rings. The highest BCUT2D eigenvalue weighted by molar-refractivity contribution is 7.99. The number of carbonyl (C=O) groups excluding carboxylic acids is 1. The lowest BCUT2D eigenvalue weighted by Crippen LogP contribution is -2.36. The molecule has 6 nitrogen and oxygen atoms in total. The highest BCUT2D eigenvalue weighted by Crippen LogP contribution is 2.33. The number of hydrogen-bond donors (Lipinski definition) is 0. The van der Waals surface area contributed by atoms with E-state index in [4.69, 9.17) is 9.15 Å². The molecule has 1 amide bonds. The second kappa shape index (κ2) is 8.61. The third-order valence-electron chi connectivity index (χ3n) is 4.00. The van der Waals surface area contributed by atoms with Gasteiger partial charge >= 0.3 is 6.09 Å². The molecule has 3 rings (SSSR count). The Morgan fingerprint density at radius 3 is 2.85 bits per heavy atom. The molecule has 0 N–H and O–H groups in total. The number of benzene rings is 1. The van der Waals surface area contributed by atoms with E-state index in [2.05, 4.69) is 34.5 Å². The minimum atomic E-state index is -0.523. The van der Waals surface area contributed by atoms with Crippen molar-refractivity contribution in [2.75, 3.05) is 12.3 Å². The average molecular weight is 388 g/mol. The van der Waals surface area contributed by atoms with Gasteiger partial charge in [0.25, 0.3) is 5.22 Å². The van der Waals surface area contributed by atoms with Crippen LogP contribution in [0.3, 0.4) is 0 Å². The molecule has 0 bridgehead atoms. The number of amides is 1. The van der Waals surface area contributed by atoms with Crippen molar-refractivity contribution in [3.63, 3.8) is 0 Å². The first-order chi connectivity index (χ1) is 12.9. The fourth-order valence-corrected chi connectivity index (χ4v) is 3.42. The maximum atomic E-state index is 12.4. The molecule has 1 aliphatic heterocycles. The Hall–Kier alpha value is -2.28. The van der Waals surface area contributed by atoms with Crippen LogP contribution in [-0.4, -0.2) is 39.1 Å². The van der Waals surface area contributed by atoms with Gasteiger partial charge in [-0.2, -0.15) is 0 Å². The van der Waals surface area contributed by atoms with Crippen molar-refractivity contribution in [3.05, 3.63) is 47.9 Å². The van der Waals surface area contributed by atoms with E-state index < -0.39 is 5.60 Å². The van der Waals surface area contributed by atoms with Gasteiger partial charge in [-0.3, -0.25) is 4.90 Å². The summed E-state index contributed by atoms with van der Waals surface area (Å²) < 4.78 is 11.3. The van der Waals surface area contributed by atoms with Crippen LogP contribution in [0.4, 0.5) is 4.79 Å². The second-order valence-corrected chi connectivity index (χ2v) is 8.33. The summed E-state index contributed by atoms with van der Waals surface area (Å²) in [7, 11) is 0. The van der Waals surface area contributed by atoms with Crippen molar-refractivity contribution in [3.8, 4) is 0 Å². The monoisotopic (exact) mass is 387 g/mol. The predicted molar refractivity (Wildman–Crippen MR) is 105 cm³/mol. The first kappa shape index (κ1) is 19.5. The lowest BCUT2D eigenvalue weighted by molar-refractivity contribution is 0.0201. The summed E-state index contributed by atoms with van der Waals surface area (Å²) >= 11 is 1.48. The molecule has 1 aromatic heterocycles. The molecule has 27 heavy (non-hydrogen) atoms. The maximum absolute atomic E-state index is 12.4. The molecular weight excluding hydrogens is 362 g/mol. The zero-order valence-electron chi connectivity index (χ0n) is 15.9. The highest BCUT2D eigenvalue weighted by Gasteiger charge is 2.36. The topological polar surface area (TPSA) is 68.5 Å². The minimum Gasteiger partial charge on any atom is -0.444 e. The van der Waals surface area contributed by atoms with Crippen LogP contribution in [-0.2, 0) is 4.74 Å². The van der Waals surface area contributed by atoms with E-state index >= 15 is 0 Å². The largest absolute Gasteiger partial charge is 0.444 e. The number of thioether (sulfide) groups is 1. The molecule has 2 heterocycles. The molecule has 0 aliphatic carbocycles. The number of rotatable bonds is 5. The first-order valence-corrected chi connectivity index (χ1v) is 10.1. The molecule has 1 aliphatic rings. The number of nitrogens with zero attached hydrogens (tertiary/aromatic N) is 3. The van der Waals surface area contributed by atoms with E-state index in [1.54, 1.807) is 4.90 Å². The van der Waals surface area contributed by atoms with Crippen LogP contribution in [0.5, 0.6) is 0 Å². The van der Waals surface area contributed by atoms with Crippen molar-refractivity contribution >= 4 is 23.9 Å². The molecule has 0 radical (unpaired) electrons. The van der Waals surface area contributed by atoms with E-state index in [0.717, 1.165) is 24.2 Å². The Kier molecular flexibility index (Phi) is 6.21. The van der Waals surface area contributed by atoms with Gasteiger partial charge in [-0.15, -0.1) is 10.2 Å². The SMILES string of the molecule is CC(C)(C)OC(=O)N1CCC[C@@H]1c1nnc(SC/C=C/c2ccccc2)o1. The van der Waals surface area contributed by atoms with Crippen LogP contribution in [0.1, 0.15) is 51.1 Å². The van der Waals surface area contributed by atoms with Crippen LogP contribution >= 0.6 is 11.8 Å². The molecule has 1 atom stereocenters. The smallest absolute Gasteiger partial charge is 0.410 e. The first-order valence-electron chi connectivity index (χ1n) is 9.10. The molecule has 1 aromatic carbocycles. The van der Waals surface area contributed by atoms with Crippen molar-refractivity contribution in [2.45, 2.75) is 50.5 Å². The number of hydrogen-bond acceptors (Lipinski definition) is 6. The molecule has 7 heteroatoms. The number of likely N-dealkylation sites (tertiary alicyclic amines) is 1. The zero-order chi connectivity index (χ0) is 19.3. The van der Waals surface area contributed by atoms with Crippen LogP contribution in [0, 0.1) is 0 Å². The molecule has 0 saturated carbocycles. The molecular formula is C20H25N3O3S. The Balaban J connectivity index is 1.56. The lowest BCUT2D eigenvalue weighted by atomic mass is 10.2. The molecule has 1 saturated heterocycles. The highest BCUT2D eigenvalue weighted by atomic mass is 32.2. The molecule has 0 spiro atoms. The van der Waals surface area contributed by atoms with Crippen molar-refractivity contribution in [2.24, 2.45) is 0 Å². The summed E-state index contributed by atoms with van der Waals surface area (Å²) in [4.78, 5) is 14.1. The summed E-state index contributed by atoms with van der Waals surface area (Å²) in [6.07, 6.45) is 5.49. The normalized spacial score (nSPS) is 17.6. The summed E-state index contributed by atoms with van der Waals surface area (Å²) in [5, 5.41) is 8.77. The van der Waals surface area contributed by atoms with Crippen molar-refractivity contribution < 1.29 is 13.9 Å². The van der Waals surface area contributed by atoms with Crippen molar-refractivity contribution in [1.82, 2.24) is 15.1 Å². The zero-order valence-corrected chi connectivity index (χ0v) is 16.7. The van der Waals surface area contributed by atoms with Gasteiger partial charge in [0.1, 0.15) is 11.6 Å². The quantitative estimate of drug-likeness (QED) is 0.676. The van der Waals surface area contributed by atoms with E-state index in [1.165, 1.54) is 11.8 Å². The van der Waals surface area contributed by atoms with Gasteiger partial charge in [0, 0.05) is 12.3 Å². The summed E-state index contributed by atoms with van der Waals surface area (Å²) in [6.45, 7) is 6.23. The van der Waals surface area contributed by atoms with Gasteiger partial charge in [-0.25, -0.2) is 4.79 Å². The third kappa shape index (κ3) is 5.60. The van der Waals surface area contributed by atoms with Gasteiger partial charge in [0.05, 0.1) is 0 Å². The fraction of sp³-hybridized carbons (Fsp3) is 0.450. The molecule has 144 valence electrons. The van der Waals surface area contributed by atoms with E-state index in [-0.39, 0.29) is 12.1 Å². The van der Waals surface area contributed by atoms with Gasteiger partial charge in [-0.1, -0.05) is 54.2 Å². The van der Waals surface area contributed by atoms with E-state index in [9.17, 15) is 4.79 Å². The Morgan fingerprint density at radius 2 is 2.11 bits per heavy atom. The van der Waals surface area contributed by atoms with E-state index in [1.807, 2.05) is 39.0 Å². The van der Waals surface area contributed by atoms with Crippen molar-refractivity contribution in [1.29, 1.82) is 0 Å². The lowest BCUT2D eigenvalue weighted by Gasteiger charge is -2.27. The summed E-state index contributed by atoms with van der Waals surface area (Å²) in [5.74, 6) is 1.21. The summed E-state index contributed by atoms with van der Waals surface area (Å²) in [5.41, 5.74) is 0.633.